The molecule has 0 aromatic heterocycles. The van der Waals surface area contributed by atoms with Crippen LogP contribution in [0.2, 0.25) is 0 Å². The standard InChI is InChI=1S/C9H8Se/c10-9-6-5-7-3-1-2-4-8(7)9/h1-4H,5-6H2. The fraction of sp³-hybridized carbons (Fsp3) is 0.222. The zero-order valence-corrected chi connectivity index (χ0v) is 7.34. The van der Waals surface area contributed by atoms with Crippen molar-refractivity contribution in [3.63, 3.8) is 0 Å². The van der Waals surface area contributed by atoms with Gasteiger partial charge in [-0.05, 0) is 0 Å². The molecular formula is C9H8Se. The summed E-state index contributed by atoms with van der Waals surface area (Å²) in [6, 6.07) is 8.60. The van der Waals surface area contributed by atoms with E-state index in [1.54, 1.807) is 0 Å². The average Bonchev–Trinajstić information content (AvgIpc) is 2.34. The first-order chi connectivity index (χ1) is 4.88. The van der Waals surface area contributed by atoms with Crippen molar-refractivity contribution in [1.82, 2.24) is 0 Å². The summed E-state index contributed by atoms with van der Waals surface area (Å²) in [4.78, 5) is 0. The summed E-state index contributed by atoms with van der Waals surface area (Å²) in [5, 5.41) is 0. The van der Waals surface area contributed by atoms with E-state index in [2.05, 4.69) is 39.8 Å². The number of rotatable bonds is 0. The molecule has 1 aromatic rings. The van der Waals surface area contributed by atoms with Gasteiger partial charge in [0.05, 0.1) is 0 Å². The first-order valence-corrected chi connectivity index (χ1v) is 4.35. The summed E-state index contributed by atoms with van der Waals surface area (Å²) in [5.41, 5.74) is 2.93. The fourth-order valence-electron chi connectivity index (χ4n) is 1.39. The zero-order valence-electron chi connectivity index (χ0n) is 5.63. The molecule has 1 aliphatic rings. The van der Waals surface area contributed by atoms with Gasteiger partial charge in [0.2, 0.25) is 0 Å². The predicted octanol–water partition coefficient (Wildman–Crippen LogP) is 1.32. The van der Waals surface area contributed by atoms with Gasteiger partial charge < -0.3 is 0 Å². The maximum absolute atomic E-state index is 3.11. The average molecular weight is 195 g/mol. The van der Waals surface area contributed by atoms with E-state index in [0.29, 0.717) is 0 Å². The Hall–Kier alpha value is -0.391. The van der Waals surface area contributed by atoms with E-state index in [4.69, 9.17) is 0 Å². The van der Waals surface area contributed by atoms with Crippen LogP contribution in [0.25, 0.3) is 0 Å². The summed E-state index contributed by atoms with van der Waals surface area (Å²) >= 11 is 3.11. The Balaban J connectivity index is 2.61. The van der Waals surface area contributed by atoms with Crippen LogP contribution in [-0.2, 0) is 6.42 Å². The Labute approximate surface area is 68.6 Å². The molecule has 0 bridgehead atoms. The number of benzene rings is 1. The van der Waals surface area contributed by atoms with Crippen molar-refractivity contribution in [1.29, 1.82) is 0 Å². The first-order valence-electron chi connectivity index (χ1n) is 3.49. The molecular weight excluding hydrogens is 187 g/mol. The van der Waals surface area contributed by atoms with Crippen LogP contribution in [0.3, 0.4) is 0 Å². The molecule has 0 N–H and O–H groups in total. The molecule has 0 heterocycles. The first kappa shape index (κ1) is 6.33. The molecule has 0 saturated heterocycles. The Morgan fingerprint density at radius 3 is 2.70 bits per heavy atom. The van der Waals surface area contributed by atoms with Gasteiger partial charge in [0.25, 0.3) is 0 Å². The van der Waals surface area contributed by atoms with Crippen molar-refractivity contribution in [3.8, 4) is 0 Å². The number of aryl methyl sites for hydroxylation is 1. The van der Waals surface area contributed by atoms with Crippen molar-refractivity contribution in [2.45, 2.75) is 12.8 Å². The molecule has 0 unspecified atom stereocenters. The van der Waals surface area contributed by atoms with E-state index in [9.17, 15) is 0 Å². The van der Waals surface area contributed by atoms with Crippen LogP contribution in [0.5, 0.6) is 0 Å². The number of hydrogen-bond acceptors (Lipinski definition) is 0. The third-order valence-electron chi connectivity index (χ3n) is 1.94. The van der Waals surface area contributed by atoms with Gasteiger partial charge in [0.15, 0.2) is 0 Å². The SMILES string of the molecule is [Se]=C1CCc2ccccc21. The molecule has 0 spiro atoms. The van der Waals surface area contributed by atoms with Crippen LogP contribution in [0, 0.1) is 0 Å². The molecule has 0 aliphatic heterocycles. The van der Waals surface area contributed by atoms with Gasteiger partial charge in [-0.15, -0.1) is 0 Å². The third kappa shape index (κ3) is 0.864. The van der Waals surface area contributed by atoms with Gasteiger partial charge in [-0.25, -0.2) is 0 Å². The molecule has 0 amide bonds. The summed E-state index contributed by atoms with van der Waals surface area (Å²) in [6.45, 7) is 0. The van der Waals surface area contributed by atoms with E-state index < -0.39 is 0 Å². The fourth-order valence-corrected chi connectivity index (χ4v) is 2.03. The van der Waals surface area contributed by atoms with E-state index in [-0.39, 0.29) is 0 Å². The summed E-state index contributed by atoms with van der Waals surface area (Å²) in [5.74, 6) is 0. The summed E-state index contributed by atoms with van der Waals surface area (Å²) < 4.78 is 1.43. The monoisotopic (exact) mass is 196 g/mol. The van der Waals surface area contributed by atoms with Gasteiger partial charge >= 0.3 is 68.2 Å². The van der Waals surface area contributed by atoms with Crippen molar-refractivity contribution >= 4 is 20.0 Å². The van der Waals surface area contributed by atoms with Gasteiger partial charge in [-0.1, -0.05) is 0 Å². The molecule has 1 heteroatoms. The van der Waals surface area contributed by atoms with Crippen LogP contribution in [0.4, 0.5) is 0 Å². The predicted molar refractivity (Wildman–Crippen MR) is 44.6 cm³/mol. The number of fused-ring (bicyclic) bond motifs is 1. The van der Waals surface area contributed by atoms with Gasteiger partial charge in [-0.2, -0.15) is 0 Å². The Morgan fingerprint density at radius 2 is 1.90 bits per heavy atom. The molecule has 50 valence electrons. The summed E-state index contributed by atoms with van der Waals surface area (Å²) in [6.07, 6.45) is 2.43. The molecule has 2 rings (SSSR count). The molecule has 0 nitrogen and oxygen atoms in total. The quantitative estimate of drug-likeness (QED) is 0.548. The molecule has 0 saturated carbocycles. The molecule has 10 heavy (non-hydrogen) atoms. The minimum absolute atomic E-state index is 1.21. The van der Waals surface area contributed by atoms with Crippen LogP contribution < -0.4 is 0 Å². The van der Waals surface area contributed by atoms with E-state index >= 15 is 0 Å². The van der Waals surface area contributed by atoms with Crippen LogP contribution in [-0.4, -0.2) is 20.0 Å². The van der Waals surface area contributed by atoms with Crippen molar-refractivity contribution < 1.29 is 0 Å². The minimum atomic E-state index is 1.21. The van der Waals surface area contributed by atoms with Gasteiger partial charge in [0, 0.05) is 0 Å². The summed E-state index contributed by atoms with van der Waals surface area (Å²) in [7, 11) is 0. The normalized spacial score (nSPS) is 15.4. The van der Waals surface area contributed by atoms with Crippen LogP contribution in [0.15, 0.2) is 24.3 Å². The van der Waals surface area contributed by atoms with Gasteiger partial charge in [0.1, 0.15) is 0 Å². The Morgan fingerprint density at radius 1 is 1.10 bits per heavy atom. The molecule has 0 atom stereocenters. The second-order valence-electron chi connectivity index (χ2n) is 2.58. The van der Waals surface area contributed by atoms with Gasteiger partial charge in [-0.3, -0.25) is 0 Å². The van der Waals surface area contributed by atoms with E-state index in [1.165, 1.54) is 28.4 Å². The maximum atomic E-state index is 3.11. The third-order valence-corrected chi connectivity index (χ3v) is 2.83. The van der Waals surface area contributed by atoms with Crippen molar-refractivity contribution in [2.75, 3.05) is 0 Å². The van der Waals surface area contributed by atoms with E-state index in [0.717, 1.165) is 0 Å². The van der Waals surface area contributed by atoms with Crippen molar-refractivity contribution in [2.24, 2.45) is 0 Å². The van der Waals surface area contributed by atoms with Crippen LogP contribution >= 0.6 is 0 Å². The topological polar surface area (TPSA) is 0 Å². The molecule has 0 radical (unpaired) electrons. The Kier molecular flexibility index (Phi) is 1.48. The van der Waals surface area contributed by atoms with E-state index in [1.807, 2.05) is 0 Å². The zero-order chi connectivity index (χ0) is 6.97. The molecule has 1 aromatic carbocycles. The number of hydrogen-bond donors (Lipinski definition) is 0. The van der Waals surface area contributed by atoms with Crippen LogP contribution in [0.1, 0.15) is 17.5 Å². The van der Waals surface area contributed by atoms with Crippen molar-refractivity contribution in [3.05, 3.63) is 35.4 Å². The second kappa shape index (κ2) is 2.34. The second-order valence-corrected chi connectivity index (χ2v) is 3.61. The molecule has 1 aliphatic carbocycles. The Bertz CT molecular complexity index is 276. The molecule has 0 fully saturated rings.